The Morgan fingerprint density at radius 3 is 2.20 bits per heavy atom. The van der Waals surface area contributed by atoms with E-state index in [1.807, 2.05) is 47.4 Å². The Balaban J connectivity index is 0.00000432. The van der Waals surface area contributed by atoms with Crippen LogP contribution in [-0.4, -0.2) is 19.3 Å². The molecule has 6 heteroatoms. The molecule has 256 valence electrons. The van der Waals surface area contributed by atoms with E-state index >= 15 is 0 Å². The van der Waals surface area contributed by atoms with Crippen molar-refractivity contribution in [2.24, 2.45) is 0 Å². The summed E-state index contributed by atoms with van der Waals surface area (Å²) < 4.78 is 10.5. The summed E-state index contributed by atoms with van der Waals surface area (Å²) in [5.41, 5.74) is 10.4. The van der Waals surface area contributed by atoms with Crippen molar-refractivity contribution < 1.29 is 25.8 Å². The summed E-state index contributed by atoms with van der Waals surface area (Å²) in [4.78, 5) is 4.70. The third-order valence-electron chi connectivity index (χ3n) is 9.13. The molecule has 0 saturated heterocycles. The van der Waals surface area contributed by atoms with E-state index in [-0.39, 0.29) is 31.9 Å². The number of pyridine rings is 1. The molecule has 0 bridgehead atoms. The van der Waals surface area contributed by atoms with Gasteiger partial charge < -0.3 is 9.30 Å². The zero-order chi connectivity index (χ0) is 34.5. The Labute approximate surface area is 310 Å². The topological polar surface area (TPSA) is 44.9 Å². The third kappa shape index (κ3) is 6.81. The Kier molecular flexibility index (Phi) is 9.67. The summed E-state index contributed by atoms with van der Waals surface area (Å²) in [6, 6.07) is 34.3. The van der Waals surface area contributed by atoms with Crippen molar-refractivity contribution in [2.75, 3.05) is 0 Å². The first-order chi connectivity index (χ1) is 23.4. The van der Waals surface area contributed by atoms with Gasteiger partial charge in [0.15, 0.2) is 0 Å². The van der Waals surface area contributed by atoms with Crippen LogP contribution < -0.4 is 4.74 Å². The van der Waals surface area contributed by atoms with E-state index in [4.69, 9.17) is 14.8 Å². The van der Waals surface area contributed by atoms with Crippen LogP contribution in [0.1, 0.15) is 77.1 Å². The summed E-state index contributed by atoms with van der Waals surface area (Å²) in [6.45, 7) is 18.2. The molecule has 0 radical (unpaired) electrons. The molecule has 0 saturated carbocycles. The Morgan fingerprint density at radius 1 is 0.780 bits per heavy atom. The van der Waals surface area contributed by atoms with Crippen molar-refractivity contribution in [3.63, 3.8) is 0 Å². The van der Waals surface area contributed by atoms with Crippen molar-refractivity contribution in [2.45, 2.75) is 79.1 Å². The number of hydrogen-bond donors (Lipinski definition) is 0. The van der Waals surface area contributed by atoms with E-state index in [1.54, 1.807) is 0 Å². The van der Waals surface area contributed by atoms with Crippen molar-refractivity contribution in [1.29, 1.82) is 0 Å². The van der Waals surface area contributed by atoms with E-state index in [0.29, 0.717) is 11.5 Å². The number of aromatic nitrogens is 4. The Bertz CT molecular complexity index is 2280. The molecule has 0 amide bonds. The van der Waals surface area contributed by atoms with Gasteiger partial charge in [0.1, 0.15) is 5.82 Å². The van der Waals surface area contributed by atoms with Crippen LogP contribution in [0.3, 0.4) is 0 Å². The predicted molar refractivity (Wildman–Crippen MR) is 201 cm³/mol. The normalized spacial score (nSPS) is 12.0. The van der Waals surface area contributed by atoms with Gasteiger partial charge in [0.2, 0.25) is 0 Å². The first-order valence-electron chi connectivity index (χ1n) is 17.2. The standard InChI is InChI=1S/C44H44N4O.Pt/c1-9-13-30-23-37(43(3,4)5)42(38(24-30)44(6,7)8)31-27-46-47(28-31)32-14-12-15-33(25-32)49-34-18-19-36-35-16-10-11-17-39(35)48(40(36)26-34)41-22-29(2)20-21-45-41;/h10-12,14-24,27-28H,9,13H2,1-8H3;/q-2;+2. The third-order valence-corrected chi connectivity index (χ3v) is 9.13. The maximum atomic E-state index is 6.43. The molecule has 4 aromatic carbocycles. The van der Waals surface area contributed by atoms with Gasteiger partial charge in [-0.15, -0.1) is 35.7 Å². The summed E-state index contributed by atoms with van der Waals surface area (Å²) >= 11 is 0. The molecule has 0 spiro atoms. The molecule has 0 fully saturated rings. The van der Waals surface area contributed by atoms with Crippen molar-refractivity contribution >= 4 is 21.8 Å². The average Bonchev–Trinajstić information content (AvgIpc) is 3.67. The minimum atomic E-state index is -0.0280. The fourth-order valence-corrected chi connectivity index (χ4v) is 6.77. The Hall–Kier alpha value is -4.47. The number of para-hydroxylation sites is 1. The second-order valence-electron chi connectivity index (χ2n) is 15.1. The number of hydrogen-bond acceptors (Lipinski definition) is 3. The maximum Gasteiger partial charge on any atom is 2.00 e. The van der Waals surface area contributed by atoms with Gasteiger partial charge in [0, 0.05) is 35.0 Å². The largest absolute Gasteiger partial charge is 2.00 e. The van der Waals surface area contributed by atoms with E-state index in [9.17, 15) is 0 Å². The second-order valence-corrected chi connectivity index (χ2v) is 15.1. The van der Waals surface area contributed by atoms with Gasteiger partial charge in [-0.25, -0.2) is 4.98 Å². The molecule has 7 aromatic rings. The second kappa shape index (κ2) is 13.7. The number of aryl methyl sites for hydroxylation is 2. The van der Waals surface area contributed by atoms with Gasteiger partial charge in [-0.05, 0) is 81.3 Å². The molecule has 0 atom stereocenters. The minimum absolute atomic E-state index is 0. The van der Waals surface area contributed by atoms with E-state index in [0.717, 1.165) is 57.3 Å². The van der Waals surface area contributed by atoms with Crippen molar-refractivity contribution in [3.05, 3.63) is 132 Å². The van der Waals surface area contributed by atoms with Crippen LogP contribution in [0.5, 0.6) is 11.5 Å². The summed E-state index contributed by atoms with van der Waals surface area (Å²) in [5.74, 6) is 2.05. The minimum Gasteiger partial charge on any atom is -0.509 e. The van der Waals surface area contributed by atoms with Crippen LogP contribution in [-0.2, 0) is 38.3 Å². The van der Waals surface area contributed by atoms with Gasteiger partial charge in [0.05, 0.1) is 6.20 Å². The fourth-order valence-electron chi connectivity index (χ4n) is 6.77. The molecular formula is C44H44N4OPt. The molecular weight excluding hydrogens is 796 g/mol. The maximum absolute atomic E-state index is 6.43. The monoisotopic (exact) mass is 839 g/mol. The Morgan fingerprint density at radius 2 is 1.50 bits per heavy atom. The SMILES string of the molecule is CCCc1cc(C(C)(C)C)c(-c2cnn(-c3[c-]c(Oc4[c-]c5c(cc4)c4ccccc4n5-c4cc(C)ccn4)ccc3)c2)c(C(C)(C)C)c1.[Pt+2]. The van der Waals surface area contributed by atoms with Crippen LogP contribution in [0.15, 0.2) is 97.5 Å². The van der Waals surface area contributed by atoms with Crippen LogP contribution in [0, 0.1) is 19.1 Å². The number of fused-ring (bicyclic) bond motifs is 3. The van der Waals surface area contributed by atoms with Gasteiger partial charge in [-0.2, -0.15) is 17.2 Å². The molecule has 3 aromatic heterocycles. The van der Waals surface area contributed by atoms with E-state index in [1.165, 1.54) is 22.3 Å². The zero-order valence-electron chi connectivity index (χ0n) is 30.2. The molecule has 3 heterocycles. The summed E-state index contributed by atoms with van der Waals surface area (Å²) in [5, 5.41) is 7.09. The van der Waals surface area contributed by atoms with Gasteiger partial charge >= 0.3 is 21.1 Å². The molecule has 50 heavy (non-hydrogen) atoms. The smallest absolute Gasteiger partial charge is 0.509 e. The zero-order valence-corrected chi connectivity index (χ0v) is 32.4. The molecule has 0 aliphatic carbocycles. The molecule has 0 unspecified atom stereocenters. The molecule has 0 aliphatic rings. The summed E-state index contributed by atoms with van der Waals surface area (Å²) in [6.07, 6.45) is 8.16. The van der Waals surface area contributed by atoms with Crippen molar-refractivity contribution in [3.8, 4) is 34.1 Å². The quantitative estimate of drug-likeness (QED) is 0.150. The van der Waals surface area contributed by atoms with Crippen molar-refractivity contribution in [1.82, 2.24) is 19.3 Å². The number of rotatable bonds is 7. The first-order valence-corrected chi connectivity index (χ1v) is 17.2. The van der Waals surface area contributed by atoms with Gasteiger partial charge in [0.25, 0.3) is 0 Å². The number of benzene rings is 4. The average molecular weight is 840 g/mol. The summed E-state index contributed by atoms with van der Waals surface area (Å²) in [7, 11) is 0. The predicted octanol–water partition coefficient (Wildman–Crippen LogP) is 11.3. The van der Waals surface area contributed by atoms with E-state index < -0.39 is 0 Å². The van der Waals surface area contributed by atoms with Crippen LogP contribution in [0.2, 0.25) is 0 Å². The number of nitrogens with zero attached hydrogens (tertiary/aromatic N) is 4. The molecule has 5 nitrogen and oxygen atoms in total. The van der Waals surface area contributed by atoms with Crippen LogP contribution >= 0.6 is 0 Å². The van der Waals surface area contributed by atoms with Crippen LogP contribution in [0.4, 0.5) is 0 Å². The van der Waals surface area contributed by atoms with Crippen LogP contribution in [0.25, 0.3) is 44.4 Å². The van der Waals surface area contributed by atoms with Gasteiger partial charge in [-0.1, -0.05) is 90.7 Å². The molecule has 0 aliphatic heterocycles. The molecule has 0 N–H and O–H groups in total. The van der Waals surface area contributed by atoms with E-state index in [2.05, 4.69) is 127 Å². The molecule has 7 rings (SSSR count). The first kappa shape index (κ1) is 35.4. The number of ether oxygens (including phenoxy) is 1. The fraction of sp³-hybridized carbons (Fsp3) is 0.273. The van der Waals surface area contributed by atoms with Gasteiger partial charge in [-0.3, -0.25) is 4.68 Å².